The second-order valence-electron chi connectivity index (χ2n) is 3.57. The van der Waals surface area contributed by atoms with Crippen molar-refractivity contribution in [1.29, 1.82) is 0 Å². The van der Waals surface area contributed by atoms with Crippen LogP contribution >= 0.6 is 0 Å². The van der Waals surface area contributed by atoms with E-state index < -0.39 is 5.60 Å². The van der Waals surface area contributed by atoms with Gasteiger partial charge in [0.05, 0.1) is 5.60 Å². The summed E-state index contributed by atoms with van der Waals surface area (Å²) in [6.45, 7) is 3.83. The van der Waals surface area contributed by atoms with Gasteiger partial charge in [-0.05, 0) is 19.8 Å². The molecule has 0 aliphatic heterocycles. The van der Waals surface area contributed by atoms with E-state index in [1.165, 1.54) is 0 Å². The van der Waals surface area contributed by atoms with Crippen LogP contribution < -0.4 is 5.73 Å². The maximum atomic E-state index is 10.4. The van der Waals surface area contributed by atoms with Crippen LogP contribution in [0.25, 0.3) is 0 Å². The molecule has 0 saturated heterocycles. The fourth-order valence-electron chi connectivity index (χ4n) is 1.08. The molecule has 0 aromatic heterocycles. The molecule has 0 aromatic rings. The number of hydrogen-bond acceptors (Lipinski definition) is 2. The topological polar surface area (TPSA) is 63.3 Å². The van der Waals surface area contributed by atoms with Crippen molar-refractivity contribution in [2.45, 2.75) is 51.6 Å². The van der Waals surface area contributed by atoms with Crippen LogP contribution in [0.15, 0.2) is 0 Å². The fraction of sp³-hybridized carbons (Fsp3) is 0.889. The van der Waals surface area contributed by atoms with Gasteiger partial charge in [-0.2, -0.15) is 0 Å². The lowest BCUT2D eigenvalue weighted by Gasteiger charge is -2.21. The lowest BCUT2D eigenvalue weighted by Crippen LogP contribution is -2.26. The highest BCUT2D eigenvalue weighted by Crippen LogP contribution is 2.18. The second-order valence-corrected chi connectivity index (χ2v) is 3.57. The minimum absolute atomic E-state index is 0.275. The molecule has 0 aromatic carbocycles. The van der Waals surface area contributed by atoms with Crippen LogP contribution in [0.4, 0.5) is 0 Å². The van der Waals surface area contributed by atoms with E-state index >= 15 is 0 Å². The Morgan fingerprint density at radius 2 is 2.08 bits per heavy atom. The van der Waals surface area contributed by atoms with Crippen molar-refractivity contribution in [3.8, 4) is 0 Å². The van der Waals surface area contributed by atoms with E-state index in [0.29, 0.717) is 6.42 Å². The van der Waals surface area contributed by atoms with E-state index in [1.54, 1.807) is 6.92 Å². The number of unbranched alkanes of at least 4 members (excludes halogenated alkanes) is 1. The molecule has 1 atom stereocenters. The number of primary amides is 1. The van der Waals surface area contributed by atoms with Gasteiger partial charge >= 0.3 is 0 Å². The molecule has 0 spiro atoms. The van der Waals surface area contributed by atoms with E-state index in [9.17, 15) is 9.90 Å². The van der Waals surface area contributed by atoms with Crippen molar-refractivity contribution in [3.05, 3.63) is 0 Å². The molecule has 0 saturated carbocycles. The largest absolute Gasteiger partial charge is 0.390 e. The van der Waals surface area contributed by atoms with Crippen molar-refractivity contribution < 1.29 is 9.90 Å². The molecule has 3 N–H and O–H groups in total. The van der Waals surface area contributed by atoms with E-state index in [-0.39, 0.29) is 12.3 Å². The number of carbonyl (C=O) groups excluding carboxylic acids is 1. The molecule has 0 rings (SSSR count). The highest BCUT2D eigenvalue weighted by atomic mass is 16.3. The minimum atomic E-state index is -0.717. The van der Waals surface area contributed by atoms with Gasteiger partial charge in [-0.1, -0.05) is 19.8 Å². The molecule has 0 fully saturated rings. The van der Waals surface area contributed by atoms with Crippen LogP contribution in [-0.2, 0) is 4.79 Å². The third kappa shape index (κ3) is 6.16. The van der Waals surface area contributed by atoms with Crippen LogP contribution in [0.2, 0.25) is 0 Å². The number of carbonyl (C=O) groups is 1. The summed E-state index contributed by atoms with van der Waals surface area (Å²) in [4.78, 5) is 10.4. The van der Waals surface area contributed by atoms with Gasteiger partial charge in [-0.25, -0.2) is 0 Å². The standard InChI is InChI=1S/C9H19NO2/c1-3-4-6-9(2,12)7-5-8(10)11/h12H,3-7H2,1-2H3,(H2,10,11). The Labute approximate surface area is 74.0 Å². The van der Waals surface area contributed by atoms with Crippen molar-refractivity contribution >= 4 is 5.91 Å². The Kier molecular flexibility index (Phi) is 4.90. The Balaban J connectivity index is 3.63. The molecule has 72 valence electrons. The highest BCUT2D eigenvalue weighted by Gasteiger charge is 2.19. The number of nitrogens with two attached hydrogens (primary N) is 1. The molecule has 0 aliphatic carbocycles. The summed E-state index contributed by atoms with van der Waals surface area (Å²) < 4.78 is 0. The van der Waals surface area contributed by atoms with Crippen LogP contribution in [0, 0.1) is 0 Å². The van der Waals surface area contributed by atoms with E-state index in [2.05, 4.69) is 6.92 Å². The molecule has 3 nitrogen and oxygen atoms in total. The third-order valence-electron chi connectivity index (χ3n) is 1.98. The first-order chi connectivity index (χ1) is 5.48. The lowest BCUT2D eigenvalue weighted by atomic mass is 9.94. The molecule has 0 radical (unpaired) electrons. The molecule has 1 unspecified atom stereocenters. The van der Waals surface area contributed by atoms with Gasteiger partial charge < -0.3 is 10.8 Å². The third-order valence-corrected chi connectivity index (χ3v) is 1.98. The molecular formula is C9H19NO2. The molecule has 1 amide bonds. The van der Waals surface area contributed by atoms with Crippen molar-refractivity contribution in [2.75, 3.05) is 0 Å². The molecule has 0 aliphatic rings. The highest BCUT2D eigenvalue weighted by molar-refractivity contribution is 5.73. The van der Waals surface area contributed by atoms with Gasteiger partial charge in [0.2, 0.25) is 5.91 Å². The molecule has 12 heavy (non-hydrogen) atoms. The van der Waals surface area contributed by atoms with Gasteiger partial charge in [0.25, 0.3) is 0 Å². The van der Waals surface area contributed by atoms with Crippen LogP contribution in [0.3, 0.4) is 0 Å². The summed E-state index contributed by atoms with van der Waals surface area (Å²) in [6.07, 6.45) is 3.55. The van der Waals surface area contributed by atoms with Gasteiger partial charge in [0.1, 0.15) is 0 Å². The predicted molar refractivity (Wildman–Crippen MR) is 48.6 cm³/mol. The van der Waals surface area contributed by atoms with Crippen molar-refractivity contribution in [3.63, 3.8) is 0 Å². The van der Waals surface area contributed by atoms with E-state index in [1.807, 2.05) is 0 Å². The predicted octanol–water partition coefficient (Wildman–Crippen LogP) is 1.19. The first-order valence-electron chi connectivity index (χ1n) is 4.48. The first kappa shape index (κ1) is 11.4. The zero-order valence-corrected chi connectivity index (χ0v) is 7.97. The number of aliphatic hydroxyl groups is 1. The average Bonchev–Trinajstić information content (AvgIpc) is 1.98. The Hall–Kier alpha value is -0.570. The summed E-state index contributed by atoms with van der Waals surface area (Å²) in [7, 11) is 0. The normalized spacial score (nSPS) is 15.6. The Morgan fingerprint density at radius 1 is 1.50 bits per heavy atom. The first-order valence-corrected chi connectivity index (χ1v) is 4.48. The maximum absolute atomic E-state index is 10.4. The number of hydrogen-bond donors (Lipinski definition) is 2. The molecule has 3 heteroatoms. The van der Waals surface area contributed by atoms with Crippen LogP contribution in [-0.4, -0.2) is 16.6 Å². The number of rotatable bonds is 6. The summed E-state index contributed by atoms with van der Waals surface area (Å²) in [5.74, 6) is -0.341. The van der Waals surface area contributed by atoms with Crippen LogP contribution in [0.1, 0.15) is 46.0 Å². The second kappa shape index (κ2) is 5.14. The van der Waals surface area contributed by atoms with Gasteiger partial charge in [0.15, 0.2) is 0 Å². The zero-order valence-electron chi connectivity index (χ0n) is 7.97. The fourth-order valence-corrected chi connectivity index (χ4v) is 1.08. The van der Waals surface area contributed by atoms with Crippen molar-refractivity contribution in [2.24, 2.45) is 5.73 Å². The Bertz CT molecular complexity index is 143. The monoisotopic (exact) mass is 173 g/mol. The minimum Gasteiger partial charge on any atom is -0.390 e. The SMILES string of the molecule is CCCCC(C)(O)CCC(N)=O. The average molecular weight is 173 g/mol. The zero-order chi connectivity index (χ0) is 9.61. The molecule has 0 bridgehead atoms. The summed E-state index contributed by atoms with van der Waals surface area (Å²) >= 11 is 0. The molecule has 0 heterocycles. The maximum Gasteiger partial charge on any atom is 0.217 e. The summed E-state index contributed by atoms with van der Waals surface area (Å²) in [5.41, 5.74) is 4.26. The quantitative estimate of drug-likeness (QED) is 0.633. The van der Waals surface area contributed by atoms with Crippen molar-refractivity contribution in [1.82, 2.24) is 0 Å². The Morgan fingerprint density at radius 3 is 2.50 bits per heavy atom. The van der Waals surface area contributed by atoms with Gasteiger partial charge in [0, 0.05) is 6.42 Å². The summed E-state index contributed by atoms with van der Waals surface area (Å²) in [6, 6.07) is 0. The van der Waals surface area contributed by atoms with Gasteiger partial charge in [-0.3, -0.25) is 4.79 Å². The lowest BCUT2D eigenvalue weighted by molar-refractivity contribution is -0.119. The molecular weight excluding hydrogens is 154 g/mol. The van der Waals surface area contributed by atoms with Crippen LogP contribution in [0.5, 0.6) is 0 Å². The summed E-state index contributed by atoms with van der Waals surface area (Å²) in [5, 5.41) is 9.69. The van der Waals surface area contributed by atoms with E-state index in [0.717, 1.165) is 19.3 Å². The van der Waals surface area contributed by atoms with Gasteiger partial charge in [-0.15, -0.1) is 0 Å². The van der Waals surface area contributed by atoms with E-state index in [4.69, 9.17) is 5.73 Å². The smallest absolute Gasteiger partial charge is 0.217 e. The number of amides is 1.